The SMILES string of the molecule is O=C(Cn1c2c(sc1=O)[C@H](c1cccc(Br)c1)C1C(=O)N(c3cccc(C(F)(F)F)c3)C(=O)C1S2)N1CCCCC1. The lowest BCUT2D eigenvalue weighted by Gasteiger charge is -2.31. The number of fused-ring (bicyclic) bond motifs is 2. The number of rotatable bonds is 4. The first-order valence-corrected chi connectivity index (χ1v) is 15.5. The van der Waals surface area contributed by atoms with Gasteiger partial charge in [0.05, 0.1) is 22.2 Å². The fourth-order valence-electron chi connectivity index (χ4n) is 5.77. The number of carbonyl (C=O) groups excluding carboxylic acids is 3. The molecule has 3 amide bonds. The molecule has 3 aromatic rings. The molecule has 41 heavy (non-hydrogen) atoms. The largest absolute Gasteiger partial charge is 0.416 e. The van der Waals surface area contributed by atoms with Crippen LogP contribution in [0.1, 0.15) is 41.2 Å². The van der Waals surface area contributed by atoms with Gasteiger partial charge in [-0.3, -0.25) is 23.7 Å². The third kappa shape index (κ3) is 5.05. The maximum atomic E-state index is 13.9. The monoisotopic (exact) mass is 665 g/mol. The van der Waals surface area contributed by atoms with Crippen LogP contribution >= 0.6 is 39.0 Å². The minimum atomic E-state index is -4.65. The van der Waals surface area contributed by atoms with Crippen LogP contribution in [0.2, 0.25) is 0 Å². The second-order valence-electron chi connectivity index (χ2n) is 10.2. The van der Waals surface area contributed by atoms with Crippen molar-refractivity contribution >= 4 is 62.4 Å². The Kier molecular flexibility index (Phi) is 7.39. The number of likely N-dealkylation sites (tertiary alicyclic amines) is 1. The van der Waals surface area contributed by atoms with Gasteiger partial charge in [-0.15, -0.1) is 0 Å². The number of anilines is 1. The number of alkyl halides is 3. The highest BCUT2D eigenvalue weighted by Crippen LogP contribution is 2.54. The lowest BCUT2D eigenvalue weighted by atomic mass is 9.83. The third-order valence-corrected chi connectivity index (χ3v) is 10.8. The van der Waals surface area contributed by atoms with Gasteiger partial charge in [0.25, 0.3) is 0 Å². The third-order valence-electron chi connectivity index (χ3n) is 7.69. The molecule has 0 N–H and O–H groups in total. The summed E-state index contributed by atoms with van der Waals surface area (Å²) in [6.07, 6.45) is -1.81. The summed E-state index contributed by atoms with van der Waals surface area (Å²) in [4.78, 5) is 56.9. The first-order chi connectivity index (χ1) is 19.5. The molecule has 1 aromatic heterocycles. The van der Waals surface area contributed by atoms with Crippen LogP contribution in [0.25, 0.3) is 0 Å². The number of amides is 3. The number of aromatic nitrogens is 1. The fraction of sp³-hybridized carbons (Fsp3) is 0.357. The highest BCUT2D eigenvalue weighted by Gasteiger charge is 2.57. The van der Waals surface area contributed by atoms with Crippen molar-refractivity contribution in [2.45, 2.75) is 48.2 Å². The molecule has 0 spiro atoms. The molecule has 13 heteroatoms. The van der Waals surface area contributed by atoms with E-state index in [1.807, 2.05) is 0 Å². The van der Waals surface area contributed by atoms with Crippen LogP contribution in [0.15, 0.2) is 62.8 Å². The first-order valence-electron chi connectivity index (χ1n) is 13.0. The number of benzene rings is 2. The van der Waals surface area contributed by atoms with E-state index in [2.05, 4.69) is 15.9 Å². The molecule has 3 aliphatic rings. The highest BCUT2D eigenvalue weighted by atomic mass is 79.9. The van der Waals surface area contributed by atoms with Crippen molar-refractivity contribution < 1.29 is 27.6 Å². The molecule has 4 heterocycles. The Morgan fingerprint density at radius 3 is 2.41 bits per heavy atom. The maximum absolute atomic E-state index is 13.9. The van der Waals surface area contributed by atoms with Crippen molar-refractivity contribution in [1.29, 1.82) is 0 Å². The number of hydrogen-bond acceptors (Lipinski definition) is 6. The van der Waals surface area contributed by atoms with Gasteiger partial charge in [-0.05, 0) is 55.2 Å². The molecule has 3 atom stereocenters. The standard InChI is InChI=1S/C28H23BrF3N3O4S2/c29-17-8-4-6-15(12-17)20-21-22(25(38)35(24(21)37)18-9-5-7-16(13-18)28(30,31)32)40-26-23(20)41-27(39)34(26)14-19(36)33-10-2-1-3-11-33/h4-9,12-13,20-22H,1-3,10-11,14H2/t20-,21?,22?/m1/s1. The average molecular weight is 667 g/mol. The van der Waals surface area contributed by atoms with Gasteiger partial charge in [0, 0.05) is 28.4 Å². The lowest BCUT2D eigenvalue weighted by Crippen LogP contribution is -2.39. The van der Waals surface area contributed by atoms with Crippen LogP contribution in [-0.4, -0.2) is 45.5 Å². The molecule has 7 nitrogen and oxygen atoms in total. The second kappa shape index (κ2) is 10.7. The van der Waals surface area contributed by atoms with Crippen molar-refractivity contribution in [3.8, 4) is 0 Å². The van der Waals surface area contributed by atoms with E-state index in [1.54, 1.807) is 29.2 Å². The van der Waals surface area contributed by atoms with E-state index in [9.17, 15) is 32.3 Å². The van der Waals surface area contributed by atoms with Gasteiger partial charge >= 0.3 is 11.0 Å². The zero-order chi connectivity index (χ0) is 29.1. The lowest BCUT2D eigenvalue weighted by molar-refractivity contribution is -0.137. The molecule has 0 radical (unpaired) electrons. The molecule has 0 saturated carbocycles. The van der Waals surface area contributed by atoms with Crippen molar-refractivity contribution in [1.82, 2.24) is 9.47 Å². The fourth-order valence-corrected chi connectivity index (χ4v) is 8.96. The van der Waals surface area contributed by atoms with E-state index < -0.39 is 40.6 Å². The summed E-state index contributed by atoms with van der Waals surface area (Å²) in [5.74, 6) is -3.12. The summed E-state index contributed by atoms with van der Waals surface area (Å²) in [6, 6.07) is 11.3. The molecule has 2 unspecified atom stereocenters. The topological polar surface area (TPSA) is 79.7 Å². The number of piperidine rings is 1. The molecule has 0 bridgehead atoms. The average Bonchev–Trinajstić information content (AvgIpc) is 3.39. The number of thiazole rings is 1. The van der Waals surface area contributed by atoms with Crippen molar-refractivity contribution in [2.24, 2.45) is 5.92 Å². The predicted molar refractivity (Wildman–Crippen MR) is 152 cm³/mol. The summed E-state index contributed by atoms with van der Waals surface area (Å²) in [7, 11) is 0. The number of nitrogens with zero attached hydrogens (tertiary/aromatic N) is 3. The minimum absolute atomic E-state index is 0.154. The zero-order valence-corrected chi connectivity index (χ0v) is 24.6. The molecular weight excluding hydrogens is 643 g/mol. The van der Waals surface area contributed by atoms with Gasteiger partial charge in [-0.1, -0.05) is 57.2 Å². The highest BCUT2D eigenvalue weighted by molar-refractivity contribution is 9.10. The normalized spacial score (nSPS) is 22.6. The summed E-state index contributed by atoms with van der Waals surface area (Å²) in [5.41, 5.74) is -0.441. The van der Waals surface area contributed by atoms with Crippen LogP contribution in [0.3, 0.4) is 0 Å². The van der Waals surface area contributed by atoms with E-state index in [0.717, 1.165) is 63.9 Å². The van der Waals surface area contributed by atoms with Crippen molar-refractivity contribution in [3.05, 3.63) is 78.7 Å². The summed E-state index contributed by atoms with van der Waals surface area (Å²) >= 11 is 5.43. The Balaban J connectivity index is 1.43. The quantitative estimate of drug-likeness (QED) is 0.344. The maximum Gasteiger partial charge on any atom is 0.416 e. The Hall–Kier alpha value is -2.90. The van der Waals surface area contributed by atoms with Crippen molar-refractivity contribution in [2.75, 3.05) is 18.0 Å². The molecule has 6 rings (SSSR count). The van der Waals surface area contributed by atoms with Gasteiger partial charge < -0.3 is 4.90 Å². The van der Waals surface area contributed by atoms with E-state index in [-0.39, 0.29) is 23.0 Å². The number of carbonyl (C=O) groups is 3. The molecule has 2 aromatic carbocycles. The van der Waals surface area contributed by atoms with Crippen LogP contribution in [0.5, 0.6) is 0 Å². The summed E-state index contributed by atoms with van der Waals surface area (Å²) in [5, 5.41) is -0.539. The van der Waals surface area contributed by atoms with Gasteiger partial charge in [-0.2, -0.15) is 13.2 Å². The molecule has 2 fully saturated rings. The van der Waals surface area contributed by atoms with E-state index in [0.29, 0.717) is 28.6 Å². The first kappa shape index (κ1) is 28.2. The van der Waals surface area contributed by atoms with Crippen LogP contribution in [-0.2, 0) is 27.1 Å². The second-order valence-corrected chi connectivity index (χ2v) is 13.3. The number of thioether (sulfide) groups is 1. The van der Waals surface area contributed by atoms with Crippen LogP contribution in [0, 0.1) is 5.92 Å². The number of imide groups is 1. The Morgan fingerprint density at radius 1 is 0.976 bits per heavy atom. The number of halogens is 4. The summed E-state index contributed by atoms with van der Waals surface area (Å²) < 4.78 is 42.5. The zero-order valence-electron chi connectivity index (χ0n) is 21.4. The molecule has 3 aliphatic heterocycles. The Bertz CT molecular complexity index is 1620. The molecule has 214 valence electrons. The van der Waals surface area contributed by atoms with Crippen molar-refractivity contribution in [3.63, 3.8) is 0 Å². The molecular formula is C28H23BrF3N3O4S2. The minimum Gasteiger partial charge on any atom is -0.341 e. The van der Waals surface area contributed by atoms with Gasteiger partial charge in [-0.25, -0.2) is 4.90 Å². The Morgan fingerprint density at radius 2 is 1.71 bits per heavy atom. The van der Waals surface area contributed by atoms with E-state index in [4.69, 9.17) is 0 Å². The summed E-state index contributed by atoms with van der Waals surface area (Å²) in [6.45, 7) is 1.06. The van der Waals surface area contributed by atoms with E-state index in [1.165, 1.54) is 16.7 Å². The van der Waals surface area contributed by atoms with Crippen LogP contribution < -0.4 is 9.77 Å². The smallest absolute Gasteiger partial charge is 0.341 e. The van der Waals surface area contributed by atoms with Gasteiger partial charge in [0.15, 0.2) is 0 Å². The van der Waals surface area contributed by atoms with Gasteiger partial charge in [0.2, 0.25) is 17.7 Å². The molecule has 0 aliphatic carbocycles. The predicted octanol–water partition coefficient (Wildman–Crippen LogP) is 5.50. The Labute approximate surface area is 249 Å². The number of hydrogen-bond donors (Lipinski definition) is 0. The van der Waals surface area contributed by atoms with E-state index >= 15 is 0 Å². The van der Waals surface area contributed by atoms with Crippen LogP contribution in [0.4, 0.5) is 18.9 Å². The molecule has 2 saturated heterocycles. The van der Waals surface area contributed by atoms with Gasteiger partial charge in [0.1, 0.15) is 11.8 Å².